The maximum absolute atomic E-state index is 9.00. The number of hydrogen-bond acceptors (Lipinski definition) is 5. The highest BCUT2D eigenvalue weighted by Crippen LogP contribution is 2.06. The summed E-state index contributed by atoms with van der Waals surface area (Å²) in [4.78, 5) is 9.00. The minimum atomic E-state index is -1.35. The number of carboxylic acid groups (broad SMARTS) is 1. The third kappa shape index (κ3) is 13.3. The predicted molar refractivity (Wildman–Crippen MR) is 55.1 cm³/mol. The molecule has 0 heterocycles. The fourth-order valence-electron chi connectivity index (χ4n) is 0.729. The fourth-order valence-corrected chi connectivity index (χ4v) is 0.729. The molecule has 0 aliphatic carbocycles. The molecule has 0 aliphatic heterocycles. The standard InChI is InChI=1S/C7H17NO3.C2H4O2/c1-4-9-7(8,10-5-2)11-6-3;1-2(3)4/h4-6,8H2,1-3H3;1H3,(H,3,4). The minimum absolute atomic E-state index is 0.469. The smallest absolute Gasteiger partial charge is 0.348 e. The maximum Gasteiger partial charge on any atom is 0.348 e. The van der Waals surface area contributed by atoms with E-state index in [2.05, 4.69) is 0 Å². The van der Waals surface area contributed by atoms with Crippen LogP contribution in [0.5, 0.6) is 0 Å². The van der Waals surface area contributed by atoms with Crippen molar-refractivity contribution in [3.05, 3.63) is 0 Å². The third-order valence-corrected chi connectivity index (χ3v) is 1.04. The first-order valence-electron chi connectivity index (χ1n) is 4.82. The Labute approximate surface area is 90.3 Å². The van der Waals surface area contributed by atoms with Gasteiger partial charge in [-0.25, -0.2) is 0 Å². The van der Waals surface area contributed by atoms with Crippen molar-refractivity contribution in [1.82, 2.24) is 0 Å². The molecule has 0 spiro atoms. The van der Waals surface area contributed by atoms with Gasteiger partial charge in [-0.2, -0.15) is 0 Å². The highest BCUT2D eigenvalue weighted by molar-refractivity contribution is 5.62. The van der Waals surface area contributed by atoms with Gasteiger partial charge in [0.1, 0.15) is 0 Å². The summed E-state index contributed by atoms with van der Waals surface area (Å²) in [7, 11) is 0. The minimum Gasteiger partial charge on any atom is -0.481 e. The summed E-state index contributed by atoms with van der Waals surface area (Å²) in [6, 6.07) is 0. The lowest BCUT2D eigenvalue weighted by atomic mass is 10.7. The maximum atomic E-state index is 9.00. The van der Waals surface area contributed by atoms with Gasteiger partial charge >= 0.3 is 6.10 Å². The molecular weight excluding hydrogens is 202 g/mol. The molecule has 0 rings (SSSR count). The summed E-state index contributed by atoms with van der Waals surface area (Å²) in [5.74, 6) is -0.833. The molecular formula is C9H21NO5. The van der Waals surface area contributed by atoms with Crippen LogP contribution in [0, 0.1) is 0 Å². The molecule has 92 valence electrons. The van der Waals surface area contributed by atoms with Crippen LogP contribution >= 0.6 is 0 Å². The molecule has 3 N–H and O–H groups in total. The molecule has 0 amide bonds. The Bertz CT molecular complexity index is 142. The second-order valence-corrected chi connectivity index (χ2v) is 2.42. The van der Waals surface area contributed by atoms with Gasteiger partial charge in [0.2, 0.25) is 0 Å². The zero-order chi connectivity index (χ0) is 12.3. The van der Waals surface area contributed by atoms with E-state index in [-0.39, 0.29) is 0 Å². The lowest BCUT2D eigenvalue weighted by Crippen LogP contribution is -2.48. The molecule has 0 aromatic heterocycles. The van der Waals surface area contributed by atoms with E-state index in [1.54, 1.807) is 0 Å². The van der Waals surface area contributed by atoms with Gasteiger partial charge in [0.05, 0.1) is 19.8 Å². The van der Waals surface area contributed by atoms with Gasteiger partial charge in [-0.3, -0.25) is 10.5 Å². The van der Waals surface area contributed by atoms with E-state index >= 15 is 0 Å². The number of aliphatic carboxylic acids is 1. The molecule has 6 nitrogen and oxygen atoms in total. The number of hydrogen-bond donors (Lipinski definition) is 2. The summed E-state index contributed by atoms with van der Waals surface area (Å²) < 4.78 is 15.1. The van der Waals surface area contributed by atoms with Crippen molar-refractivity contribution in [1.29, 1.82) is 0 Å². The molecule has 0 aromatic rings. The van der Waals surface area contributed by atoms with Crippen LogP contribution in [0.25, 0.3) is 0 Å². The van der Waals surface area contributed by atoms with Gasteiger partial charge in [-0.05, 0) is 20.8 Å². The number of nitrogens with two attached hydrogens (primary N) is 1. The van der Waals surface area contributed by atoms with E-state index in [1.807, 2.05) is 20.8 Å². The van der Waals surface area contributed by atoms with Gasteiger partial charge in [0.15, 0.2) is 0 Å². The van der Waals surface area contributed by atoms with Crippen LogP contribution in [0.4, 0.5) is 0 Å². The summed E-state index contributed by atoms with van der Waals surface area (Å²) in [6.45, 7) is 7.99. The van der Waals surface area contributed by atoms with Crippen molar-refractivity contribution in [3.8, 4) is 0 Å². The molecule has 6 heteroatoms. The van der Waals surface area contributed by atoms with Gasteiger partial charge in [-0.1, -0.05) is 0 Å². The molecule has 0 fully saturated rings. The normalized spacial score (nSPS) is 10.5. The predicted octanol–water partition coefficient (Wildman–Crippen LogP) is 0.757. The van der Waals surface area contributed by atoms with E-state index in [0.29, 0.717) is 19.8 Å². The third-order valence-electron chi connectivity index (χ3n) is 1.04. The van der Waals surface area contributed by atoms with Crippen LogP contribution in [-0.2, 0) is 19.0 Å². The average molecular weight is 223 g/mol. The second-order valence-electron chi connectivity index (χ2n) is 2.42. The summed E-state index contributed by atoms with van der Waals surface area (Å²) in [5.41, 5.74) is 5.56. The highest BCUT2D eigenvalue weighted by Gasteiger charge is 2.25. The number of ether oxygens (including phenoxy) is 3. The van der Waals surface area contributed by atoms with E-state index in [4.69, 9.17) is 29.8 Å². The molecule has 15 heavy (non-hydrogen) atoms. The van der Waals surface area contributed by atoms with Crippen molar-refractivity contribution in [2.24, 2.45) is 5.73 Å². The SMILES string of the molecule is CC(=O)O.CCOC(N)(OCC)OCC. The molecule has 0 bridgehead atoms. The summed E-state index contributed by atoms with van der Waals surface area (Å²) in [6.07, 6.45) is -1.35. The topological polar surface area (TPSA) is 91.0 Å². The molecule has 0 atom stereocenters. The van der Waals surface area contributed by atoms with E-state index < -0.39 is 12.1 Å². The fraction of sp³-hybridized carbons (Fsp3) is 0.889. The lowest BCUT2D eigenvalue weighted by Gasteiger charge is -2.27. The van der Waals surface area contributed by atoms with Gasteiger partial charge < -0.3 is 19.3 Å². The van der Waals surface area contributed by atoms with E-state index in [9.17, 15) is 0 Å². The Kier molecular flexibility index (Phi) is 11.0. The second kappa shape index (κ2) is 9.85. The summed E-state index contributed by atoms with van der Waals surface area (Å²) in [5, 5.41) is 7.42. The zero-order valence-electron chi connectivity index (χ0n) is 9.78. The zero-order valence-corrected chi connectivity index (χ0v) is 9.78. The molecule has 0 saturated carbocycles. The number of carboxylic acids is 1. The molecule has 0 aliphatic rings. The van der Waals surface area contributed by atoms with Crippen LogP contribution in [0.2, 0.25) is 0 Å². The van der Waals surface area contributed by atoms with Gasteiger partial charge in [-0.15, -0.1) is 0 Å². The first-order chi connectivity index (χ1) is 6.91. The van der Waals surface area contributed by atoms with Crippen LogP contribution in [0.1, 0.15) is 27.7 Å². The van der Waals surface area contributed by atoms with Crippen molar-refractivity contribution in [2.75, 3.05) is 19.8 Å². The van der Waals surface area contributed by atoms with E-state index in [0.717, 1.165) is 6.92 Å². The highest BCUT2D eigenvalue weighted by atomic mass is 16.9. The van der Waals surface area contributed by atoms with Crippen LogP contribution < -0.4 is 5.73 Å². The Morgan fingerprint density at radius 1 is 1.13 bits per heavy atom. The number of carbonyl (C=O) groups is 1. The van der Waals surface area contributed by atoms with Crippen molar-refractivity contribution in [2.45, 2.75) is 33.8 Å². The largest absolute Gasteiger partial charge is 0.481 e. The van der Waals surface area contributed by atoms with Crippen LogP contribution in [0.3, 0.4) is 0 Å². The van der Waals surface area contributed by atoms with Gasteiger partial charge in [0, 0.05) is 6.92 Å². The van der Waals surface area contributed by atoms with Crippen molar-refractivity contribution >= 4 is 5.97 Å². The van der Waals surface area contributed by atoms with Crippen LogP contribution in [-0.4, -0.2) is 37.0 Å². The molecule has 0 saturated heterocycles. The summed E-state index contributed by atoms with van der Waals surface area (Å²) >= 11 is 0. The van der Waals surface area contributed by atoms with E-state index in [1.165, 1.54) is 0 Å². The van der Waals surface area contributed by atoms with Crippen LogP contribution in [0.15, 0.2) is 0 Å². The Morgan fingerprint density at radius 2 is 1.33 bits per heavy atom. The first-order valence-corrected chi connectivity index (χ1v) is 4.82. The van der Waals surface area contributed by atoms with Crippen molar-refractivity contribution < 1.29 is 24.1 Å². The monoisotopic (exact) mass is 223 g/mol. The van der Waals surface area contributed by atoms with Gasteiger partial charge in [0.25, 0.3) is 5.97 Å². The Hall–Kier alpha value is -0.690. The molecule has 0 unspecified atom stereocenters. The molecule has 0 radical (unpaired) electrons. The molecule has 0 aromatic carbocycles. The Balaban J connectivity index is 0. The Morgan fingerprint density at radius 3 is 1.47 bits per heavy atom. The number of rotatable bonds is 6. The average Bonchev–Trinajstić information content (AvgIpc) is 2.03. The lowest BCUT2D eigenvalue weighted by molar-refractivity contribution is -0.373. The van der Waals surface area contributed by atoms with Crippen molar-refractivity contribution in [3.63, 3.8) is 0 Å². The first kappa shape index (κ1) is 16.7. The quantitative estimate of drug-likeness (QED) is 0.646.